The van der Waals surface area contributed by atoms with Crippen LogP contribution < -0.4 is 5.32 Å². The second-order valence-corrected chi connectivity index (χ2v) is 11.1. The highest BCUT2D eigenvalue weighted by molar-refractivity contribution is 7.99. The molecule has 2 unspecified atom stereocenters. The minimum Gasteiger partial charge on any atom is -0.350 e. The molecule has 6 heteroatoms. The standard InChI is InChI=1S/C25H31FN2O2S/c1-24(2,3)18-12-10-16(11-13-18)22(30)28-20(21(29)27-25(4,5)6)15-31-23(28)17-8-7-9-19(26)14-17/h7-14,20,23H,15H2,1-6H3,(H,27,29). The number of nitrogens with zero attached hydrogens (tertiary/aromatic N) is 1. The van der Waals surface area contributed by atoms with Gasteiger partial charge in [0.1, 0.15) is 17.2 Å². The number of halogens is 1. The number of carbonyl (C=O) groups is 2. The predicted molar refractivity (Wildman–Crippen MR) is 125 cm³/mol. The molecular formula is C25H31FN2O2S. The van der Waals surface area contributed by atoms with Crippen LogP contribution in [0.3, 0.4) is 0 Å². The molecule has 1 heterocycles. The van der Waals surface area contributed by atoms with Gasteiger partial charge in [-0.1, -0.05) is 45.0 Å². The number of hydrogen-bond acceptors (Lipinski definition) is 3. The van der Waals surface area contributed by atoms with Crippen molar-refractivity contribution in [3.05, 3.63) is 71.0 Å². The van der Waals surface area contributed by atoms with E-state index < -0.39 is 17.0 Å². The van der Waals surface area contributed by atoms with Gasteiger partial charge in [-0.25, -0.2) is 4.39 Å². The molecule has 4 nitrogen and oxygen atoms in total. The van der Waals surface area contributed by atoms with Crippen molar-refractivity contribution in [3.8, 4) is 0 Å². The van der Waals surface area contributed by atoms with Crippen LogP contribution in [0.5, 0.6) is 0 Å². The van der Waals surface area contributed by atoms with Gasteiger partial charge in [0, 0.05) is 16.9 Å². The van der Waals surface area contributed by atoms with Crippen molar-refractivity contribution >= 4 is 23.6 Å². The number of amides is 2. The molecule has 1 N–H and O–H groups in total. The zero-order valence-corrected chi connectivity index (χ0v) is 19.8. The molecule has 2 amide bonds. The van der Waals surface area contributed by atoms with Gasteiger partial charge in [0.15, 0.2) is 0 Å². The van der Waals surface area contributed by atoms with Crippen molar-refractivity contribution in [2.24, 2.45) is 0 Å². The smallest absolute Gasteiger partial charge is 0.255 e. The second kappa shape index (κ2) is 8.65. The van der Waals surface area contributed by atoms with Crippen LogP contribution in [0.25, 0.3) is 0 Å². The van der Waals surface area contributed by atoms with Crippen LogP contribution >= 0.6 is 11.8 Å². The van der Waals surface area contributed by atoms with Crippen molar-refractivity contribution < 1.29 is 14.0 Å². The van der Waals surface area contributed by atoms with Gasteiger partial charge in [-0.3, -0.25) is 9.59 Å². The van der Waals surface area contributed by atoms with Crippen LogP contribution in [0, 0.1) is 5.82 Å². The van der Waals surface area contributed by atoms with E-state index in [4.69, 9.17) is 0 Å². The zero-order valence-electron chi connectivity index (χ0n) is 19.0. The van der Waals surface area contributed by atoms with Crippen LogP contribution in [0.1, 0.15) is 68.4 Å². The summed E-state index contributed by atoms with van der Waals surface area (Å²) >= 11 is 1.48. The Morgan fingerprint density at radius 3 is 2.23 bits per heavy atom. The lowest BCUT2D eigenvalue weighted by molar-refractivity contribution is -0.126. The zero-order chi connectivity index (χ0) is 23.0. The molecule has 0 radical (unpaired) electrons. The highest BCUT2D eigenvalue weighted by Crippen LogP contribution is 2.42. The van der Waals surface area contributed by atoms with E-state index in [1.807, 2.05) is 45.0 Å². The Morgan fingerprint density at radius 1 is 1.03 bits per heavy atom. The molecule has 2 atom stereocenters. The Kier molecular flexibility index (Phi) is 6.51. The van der Waals surface area contributed by atoms with Crippen LogP contribution in [-0.4, -0.2) is 34.0 Å². The van der Waals surface area contributed by atoms with Crippen molar-refractivity contribution in [2.75, 3.05) is 5.75 Å². The molecule has 0 spiro atoms. The molecule has 3 rings (SSSR count). The molecule has 1 aliphatic rings. The van der Waals surface area contributed by atoms with Gasteiger partial charge in [0.25, 0.3) is 5.91 Å². The summed E-state index contributed by atoms with van der Waals surface area (Å²) in [6.07, 6.45) is 0. The topological polar surface area (TPSA) is 49.4 Å². The minimum atomic E-state index is -0.632. The lowest BCUT2D eigenvalue weighted by Crippen LogP contribution is -2.52. The number of rotatable bonds is 3. The third-order valence-corrected chi connectivity index (χ3v) is 6.49. The molecule has 31 heavy (non-hydrogen) atoms. The van der Waals surface area contributed by atoms with Crippen LogP contribution in [0.4, 0.5) is 4.39 Å². The van der Waals surface area contributed by atoms with Gasteiger partial charge in [0.05, 0.1) is 0 Å². The molecular weight excluding hydrogens is 411 g/mol. The third kappa shape index (κ3) is 5.48. The Balaban J connectivity index is 1.97. The summed E-state index contributed by atoms with van der Waals surface area (Å²) in [6.45, 7) is 12.1. The summed E-state index contributed by atoms with van der Waals surface area (Å²) in [5.41, 5.74) is 1.89. The molecule has 2 aromatic rings. The van der Waals surface area contributed by atoms with Gasteiger partial charge < -0.3 is 10.2 Å². The number of nitrogens with one attached hydrogen (secondary N) is 1. The summed E-state index contributed by atoms with van der Waals surface area (Å²) in [5, 5.41) is 2.56. The van der Waals surface area contributed by atoms with Gasteiger partial charge in [-0.15, -0.1) is 11.8 Å². The molecule has 0 aromatic heterocycles. The molecule has 1 fully saturated rings. The molecule has 1 aliphatic heterocycles. The van der Waals surface area contributed by atoms with E-state index in [-0.39, 0.29) is 23.0 Å². The van der Waals surface area contributed by atoms with Gasteiger partial charge in [-0.2, -0.15) is 0 Å². The maximum absolute atomic E-state index is 13.9. The van der Waals surface area contributed by atoms with Gasteiger partial charge in [-0.05, 0) is 61.6 Å². The van der Waals surface area contributed by atoms with E-state index in [0.29, 0.717) is 16.9 Å². The van der Waals surface area contributed by atoms with Crippen LogP contribution in [0.15, 0.2) is 48.5 Å². The first-order valence-electron chi connectivity index (χ1n) is 10.5. The lowest BCUT2D eigenvalue weighted by Gasteiger charge is -2.31. The summed E-state index contributed by atoms with van der Waals surface area (Å²) in [5.74, 6) is -0.329. The Bertz CT molecular complexity index is 961. The van der Waals surface area contributed by atoms with E-state index in [1.165, 1.54) is 23.9 Å². The fraction of sp³-hybridized carbons (Fsp3) is 0.440. The second-order valence-electron chi connectivity index (χ2n) is 10.0. The largest absolute Gasteiger partial charge is 0.350 e. The molecule has 0 saturated carbocycles. The molecule has 1 saturated heterocycles. The Hall–Kier alpha value is -2.34. The third-order valence-electron chi connectivity index (χ3n) is 5.17. The fourth-order valence-electron chi connectivity index (χ4n) is 3.59. The van der Waals surface area contributed by atoms with Crippen molar-refractivity contribution in [3.63, 3.8) is 0 Å². The van der Waals surface area contributed by atoms with Crippen molar-refractivity contribution in [1.29, 1.82) is 0 Å². The predicted octanol–water partition coefficient (Wildman–Crippen LogP) is 5.29. The maximum Gasteiger partial charge on any atom is 0.255 e. The minimum absolute atomic E-state index is 0.0235. The van der Waals surface area contributed by atoms with E-state index in [2.05, 4.69) is 26.1 Å². The van der Waals surface area contributed by atoms with E-state index in [1.54, 1.807) is 17.0 Å². The van der Waals surface area contributed by atoms with E-state index in [9.17, 15) is 14.0 Å². The van der Waals surface area contributed by atoms with E-state index >= 15 is 0 Å². The highest BCUT2D eigenvalue weighted by atomic mass is 32.2. The normalized spacial score (nSPS) is 19.4. The first kappa shape index (κ1) is 23.3. The summed E-state index contributed by atoms with van der Waals surface area (Å²) in [6, 6.07) is 13.2. The Labute approximate surface area is 188 Å². The average Bonchev–Trinajstić information content (AvgIpc) is 3.11. The van der Waals surface area contributed by atoms with E-state index in [0.717, 1.165) is 5.56 Å². The SMILES string of the molecule is CC(C)(C)NC(=O)C1CSC(c2cccc(F)c2)N1C(=O)c1ccc(C(C)(C)C)cc1. The maximum atomic E-state index is 13.9. The summed E-state index contributed by atoms with van der Waals surface area (Å²) in [7, 11) is 0. The summed E-state index contributed by atoms with van der Waals surface area (Å²) in [4.78, 5) is 28.2. The lowest BCUT2D eigenvalue weighted by atomic mass is 9.86. The van der Waals surface area contributed by atoms with Crippen LogP contribution in [-0.2, 0) is 10.2 Å². The van der Waals surface area contributed by atoms with Crippen molar-refractivity contribution in [2.45, 2.75) is 63.9 Å². The number of carbonyl (C=O) groups excluding carboxylic acids is 2. The van der Waals surface area contributed by atoms with Crippen molar-refractivity contribution in [1.82, 2.24) is 10.2 Å². The van der Waals surface area contributed by atoms with Gasteiger partial charge in [0.2, 0.25) is 5.91 Å². The molecule has 0 bridgehead atoms. The summed E-state index contributed by atoms with van der Waals surface area (Å²) < 4.78 is 13.9. The molecule has 0 aliphatic carbocycles. The number of benzene rings is 2. The average molecular weight is 443 g/mol. The monoisotopic (exact) mass is 442 g/mol. The van der Waals surface area contributed by atoms with Crippen LogP contribution in [0.2, 0.25) is 0 Å². The Morgan fingerprint density at radius 2 is 1.68 bits per heavy atom. The quantitative estimate of drug-likeness (QED) is 0.702. The first-order valence-corrected chi connectivity index (χ1v) is 11.5. The molecule has 2 aromatic carbocycles. The number of hydrogen-bond donors (Lipinski definition) is 1. The van der Waals surface area contributed by atoms with Gasteiger partial charge >= 0.3 is 0 Å². The highest BCUT2D eigenvalue weighted by Gasteiger charge is 2.43. The molecule has 166 valence electrons. The first-order chi connectivity index (χ1) is 14.4. The number of thioether (sulfide) groups is 1. The fourth-order valence-corrected chi connectivity index (χ4v) is 5.01.